The van der Waals surface area contributed by atoms with Crippen LogP contribution < -0.4 is 20.3 Å². The van der Waals surface area contributed by atoms with Gasteiger partial charge in [0.15, 0.2) is 5.65 Å². The van der Waals surface area contributed by atoms with Crippen molar-refractivity contribution < 1.29 is 9.47 Å². The third-order valence-electron chi connectivity index (χ3n) is 3.91. The smallest absolute Gasteiger partial charge is 0.272 e. The first-order chi connectivity index (χ1) is 12.6. The first kappa shape index (κ1) is 17.4. The van der Waals surface area contributed by atoms with Crippen LogP contribution in [0, 0.1) is 11.3 Å². The van der Waals surface area contributed by atoms with Crippen LogP contribution in [0.5, 0.6) is 11.5 Å². The number of anilines is 2. The SMILES string of the molecule is CCCc1cc(=O)n2[nH]c(Nc3cc(OC)cc(OC)c3)c(C#N)c2n1. The number of aromatic nitrogens is 3. The highest BCUT2D eigenvalue weighted by atomic mass is 16.5. The predicted octanol–water partition coefficient (Wildman–Crippen LogP) is 2.61. The van der Waals surface area contributed by atoms with E-state index in [2.05, 4.69) is 21.5 Å². The molecule has 0 aliphatic carbocycles. The number of nitrogens with one attached hydrogen (secondary N) is 2. The van der Waals surface area contributed by atoms with E-state index < -0.39 is 0 Å². The lowest BCUT2D eigenvalue weighted by Crippen LogP contribution is -2.15. The molecule has 3 rings (SSSR count). The minimum atomic E-state index is -0.258. The molecular weight excluding hydrogens is 334 g/mol. The van der Waals surface area contributed by atoms with Gasteiger partial charge >= 0.3 is 0 Å². The summed E-state index contributed by atoms with van der Waals surface area (Å²) in [6.07, 6.45) is 1.54. The van der Waals surface area contributed by atoms with Gasteiger partial charge in [-0.05, 0) is 6.42 Å². The molecule has 0 bridgehead atoms. The van der Waals surface area contributed by atoms with Gasteiger partial charge in [-0.25, -0.2) is 4.98 Å². The summed E-state index contributed by atoms with van der Waals surface area (Å²) < 4.78 is 11.8. The van der Waals surface area contributed by atoms with Gasteiger partial charge in [0.25, 0.3) is 5.56 Å². The fourth-order valence-electron chi connectivity index (χ4n) is 2.69. The zero-order valence-electron chi connectivity index (χ0n) is 14.8. The topological polar surface area (TPSA) is 104 Å². The first-order valence-corrected chi connectivity index (χ1v) is 8.14. The Labute approximate surface area is 150 Å². The maximum Gasteiger partial charge on any atom is 0.272 e. The fraction of sp³-hybridized carbons (Fsp3) is 0.278. The average molecular weight is 353 g/mol. The van der Waals surface area contributed by atoms with Gasteiger partial charge in [-0.2, -0.15) is 9.78 Å². The van der Waals surface area contributed by atoms with Gasteiger partial charge in [-0.3, -0.25) is 9.89 Å². The quantitative estimate of drug-likeness (QED) is 0.706. The van der Waals surface area contributed by atoms with Crippen molar-refractivity contribution in [1.29, 1.82) is 5.26 Å². The Morgan fingerprint density at radius 3 is 2.50 bits per heavy atom. The van der Waals surface area contributed by atoms with Crippen molar-refractivity contribution in [2.24, 2.45) is 0 Å². The Bertz CT molecular complexity index is 1020. The highest BCUT2D eigenvalue weighted by Crippen LogP contribution is 2.29. The van der Waals surface area contributed by atoms with E-state index in [1.807, 2.05) is 6.92 Å². The second-order valence-corrected chi connectivity index (χ2v) is 5.69. The zero-order valence-corrected chi connectivity index (χ0v) is 14.8. The lowest BCUT2D eigenvalue weighted by molar-refractivity contribution is 0.395. The Kier molecular flexibility index (Phi) is 4.80. The van der Waals surface area contributed by atoms with Gasteiger partial charge < -0.3 is 14.8 Å². The van der Waals surface area contributed by atoms with Crippen molar-refractivity contribution in [3.05, 3.63) is 45.9 Å². The molecule has 8 nitrogen and oxygen atoms in total. The number of rotatable bonds is 6. The molecule has 2 aromatic heterocycles. The lowest BCUT2D eigenvalue weighted by Gasteiger charge is -2.09. The van der Waals surface area contributed by atoms with E-state index in [1.54, 1.807) is 32.4 Å². The molecule has 26 heavy (non-hydrogen) atoms. The van der Waals surface area contributed by atoms with Crippen LogP contribution in [0.4, 0.5) is 11.5 Å². The molecule has 2 N–H and O–H groups in total. The third-order valence-corrected chi connectivity index (χ3v) is 3.91. The second-order valence-electron chi connectivity index (χ2n) is 5.69. The molecule has 0 aliphatic rings. The molecule has 0 atom stereocenters. The van der Waals surface area contributed by atoms with E-state index in [4.69, 9.17) is 9.47 Å². The maximum absolute atomic E-state index is 12.3. The number of hydrogen-bond acceptors (Lipinski definition) is 6. The molecule has 0 amide bonds. The Hall–Kier alpha value is -3.47. The molecule has 0 aliphatic heterocycles. The number of nitrogens with zero attached hydrogens (tertiary/aromatic N) is 3. The number of methoxy groups -OCH3 is 2. The molecule has 0 radical (unpaired) electrons. The summed E-state index contributed by atoms with van der Waals surface area (Å²) in [5.74, 6) is 1.57. The number of nitriles is 1. The zero-order chi connectivity index (χ0) is 18.7. The highest BCUT2D eigenvalue weighted by molar-refractivity contribution is 5.73. The molecule has 2 heterocycles. The van der Waals surface area contributed by atoms with E-state index in [1.165, 1.54) is 10.6 Å². The van der Waals surface area contributed by atoms with Crippen molar-refractivity contribution in [2.45, 2.75) is 19.8 Å². The number of hydrogen-bond donors (Lipinski definition) is 2. The molecule has 0 fully saturated rings. The van der Waals surface area contributed by atoms with Gasteiger partial charge in [-0.1, -0.05) is 13.3 Å². The Morgan fingerprint density at radius 2 is 1.92 bits per heavy atom. The van der Waals surface area contributed by atoms with Crippen LogP contribution in [0.2, 0.25) is 0 Å². The summed E-state index contributed by atoms with van der Waals surface area (Å²) in [5.41, 5.74) is 1.63. The molecule has 8 heteroatoms. The molecule has 0 saturated heterocycles. The molecule has 0 unspecified atom stereocenters. The normalized spacial score (nSPS) is 10.5. The van der Waals surface area contributed by atoms with Crippen molar-refractivity contribution in [2.75, 3.05) is 19.5 Å². The van der Waals surface area contributed by atoms with Crippen LogP contribution in [0.3, 0.4) is 0 Å². The van der Waals surface area contributed by atoms with Crippen LogP contribution in [-0.4, -0.2) is 28.8 Å². The predicted molar refractivity (Wildman–Crippen MR) is 97.4 cm³/mol. The summed E-state index contributed by atoms with van der Waals surface area (Å²) >= 11 is 0. The first-order valence-electron chi connectivity index (χ1n) is 8.14. The lowest BCUT2D eigenvalue weighted by atomic mass is 10.2. The van der Waals surface area contributed by atoms with Gasteiger partial charge in [0.05, 0.1) is 14.2 Å². The summed E-state index contributed by atoms with van der Waals surface area (Å²) in [7, 11) is 3.11. The van der Waals surface area contributed by atoms with E-state index in [0.717, 1.165) is 6.42 Å². The maximum atomic E-state index is 12.3. The summed E-state index contributed by atoms with van der Waals surface area (Å²) in [6.45, 7) is 2.01. The number of benzene rings is 1. The van der Waals surface area contributed by atoms with Crippen molar-refractivity contribution >= 4 is 17.2 Å². The molecule has 1 aromatic carbocycles. The average Bonchev–Trinajstić information content (AvgIpc) is 2.99. The molecule has 0 saturated carbocycles. The van der Waals surface area contributed by atoms with Crippen molar-refractivity contribution in [3.8, 4) is 17.6 Å². The van der Waals surface area contributed by atoms with Gasteiger partial charge in [0, 0.05) is 35.6 Å². The van der Waals surface area contributed by atoms with Crippen LogP contribution in [-0.2, 0) is 6.42 Å². The van der Waals surface area contributed by atoms with Crippen LogP contribution in [0.25, 0.3) is 5.65 Å². The number of ether oxygens (including phenoxy) is 2. The van der Waals surface area contributed by atoms with Gasteiger partial charge in [0.2, 0.25) is 0 Å². The molecule has 3 aromatic rings. The third kappa shape index (κ3) is 3.19. The summed E-state index contributed by atoms with van der Waals surface area (Å²) in [6, 6.07) is 8.85. The fourth-order valence-corrected chi connectivity index (χ4v) is 2.69. The summed E-state index contributed by atoms with van der Waals surface area (Å²) in [4.78, 5) is 16.8. The van der Waals surface area contributed by atoms with Crippen LogP contribution in [0.15, 0.2) is 29.1 Å². The standard InChI is InChI=1S/C18H19N5O3/c1-4-5-11-8-16(24)23-18(21-11)15(10-19)17(22-23)20-12-6-13(25-2)9-14(7-12)26-3/h6-9,20,22H,4-5H2,1-3H3. The van der Waals surface area contributed by atoms with Crippen molar-refractivity contribution in [3.63, 3.8) is 0 Å². The Morgan fingerprint density at radius 1 is 1.23 bits per heavy atom. The van der Waals surface area contributed by atoms with E-state index in [-0.39, 0.29) is 11.1 Å². The minimum Gasteiger partial charge on any atom is -0.497 e. The van der Waals surface area contributed by atoms with E-state index >= 15 is 0 Å². The van der Waals surface area contributed by atoms with Crippen molar-refractivity contribution in [1.82, 2.24) is 14.6 Å². The monoisotopic (exact) mass is 353 g/mol. The van der Waals surface area contributed by atoms with E-state index in [0.29, 0.717) is 40.8 Å². The van der Waals surface area contributed by atoms with Crippen LogP contribution >= 0.6 is 0 Å². The molecule has 0 spiro atoms. The van der Waals surface area contributed by atoms with E-state index in [9.17, 15) is 10.1 Å². The van der Waals surface area contributed by atoms with Gasteiger partial charge in [-0.15, -0.1) is 0 Å². The minimum absolute atomic E-state index is 0.258. The number of aryl methyl sites for hydroxylation is 1. The van der Waals surface area contributed by atoms with Gasteiger partial charge in [0.1, 0.15) is 28.9 Å². The highest BCUT2D eigenvalue weighted by Gasteiger charge is 2.16. The Balaban J connectivity index is 2.10. The number of fused-ring (bicyclic) bond motifs is 1. The summed E-state index contributed by atoms with van der Waals surface area (Å²) in [5, 5.41) is 15.6. The second kappa shape index (κ2) is 7.19. The largest absolute Gasteiger partial charge is 0.497 e. The number of aromatic amines is 1. The molecular formula is C18H19N5O3. The molecule has 134 valence electrons. The van der Waals surface area contributed by atoms with Crippen LogP contribution in [0.1, 0.15) is 24.6 Å². The number of H-pyrrole nitrogens is 1.